The standard InChI is InChI=1S/C22H36N2O5S/c1-15(2)12-24(13-16(3)4)20(25)14-29-22(26)21(17(5)6)23-30(27,28)19-10-8-18(7)9-11-19/h8-11,15-17,21,23H,12-14H2,1-7H3/t21-/m0/s1. The molecule has 0 heterocycles. The number of sulfonamides is 1. The average molecular weight is 441 g/mol. The Labute approximate surface area is 181 Å². The molecule has 0 saturated heterocycles. The first kappa shape index (κ1) is 26.1. The fourth-order valence-electron chi connectivity index (χ4n) is 2.88. The maximum Gasteiger partial charge on any atom is 0.324 e. The monoisotopic (exact) mass is 440 g/mol. The van der Waals surface area contributed by atoms with Crippen LogP contribution in [0.3, 0.4) is 0 Å². The van der Waals surface area contributed by atoms with Crippen molar-refractivity contribution in [3.8, 4) is 0 Å². The summed E-state index contributed by atoms with van der Waals surface area (Å²) in [6.45, 7) is 14.1. The van der Waals surface area contributed by atoms with E-state index in [0.29, 0.717) is 13.1 Å². The Hall–Kier alpha value is -1.93. The highest BCUT2D eigenvalue weighted by molar-refractivity contribution is 7.89. The molecule has 1 N–H and O–H groups in total. The molecule has 0 radical (unpaired) electrons. The normalized spacial score (nSPS) is 13.0. The quantitative estimate of drug-likeness (QED) is 0.534. The number of nitrogens with one attached hydrogen (secondary N) is 1. The van der Waals surface area contributed by atoms with Crippen molar-refractivity contribution in [3.63, 3.8) is 0 Å². The number of benzene rings is 1. The summed E-state index contributed by atoms with van der Waals surface area (Å²) >= 11 is 0. The van der Waals surface area contributed by atoms with E-state index in [9.17, 15) is 18.0 Å². The summed E-state index contributed by atoms with van der Waals surface area (Å²) in [6.07, 6.45) is 0. The van der Waals surface area contributed by atoms with Gasteiger partial charge in [-0.3, -0.25) is 9.59 Å². The number of esters is 1. The highest BCUT2D eigenvalue weighted by Gasteiger charge is 2.30. The third-order valence-electron chi connectivity index (χ3n) is 4.40. The molecule has 0 aliphatic rings. The van der Waals surface area contributed by atoms with Crippen molar-refractivity contribution in [2.24, 2.45) is 17.8 Å². The first-order valence-electron chi connectivity index (χ1n) is 10.4. The van der Waals surface area contributed by atoms with Gasteiger partial charge in [0.15, 0.2) is 6.61 Å². The Bertz CT molecular complexity index is 791. The van der Waals surface area contributed by atoms with Crippen LogP contribution >= 0.6 is 0 Å². The molecule has 1 aromatic rings. The molecule has 0 fully saturated rings. The Balaban J connectivity index is 2.84. The predicted molar refractivity (Wildman–Crippen MR) is 117 cm³/mol. The lowest BCUT2D eigenvalue weighted by molar-refractivity contribution is -0.154. The van der Waals surface area contributed by atoms with Crippen LogP contribution in [0.1, 0.15) is 47.1 Å². The zero-order valence-corrected chi connectivity index (χ0v) is 20.0. The van der Waals surface area contributed by atoms with Gasteiger partial charge in [-0.15, -0.1) is 0 Å². The first-order chi connectivity index (χ1) is 13.8. The van der Waals surface area contributed by atoms with Gasteiger partial charge in [-0.1, -0.05) is 59.2 Å². The Morgan fingerprint density at radius 1 is 0.967 bits per heavy atom. The van der Waals surface area contributed by atoms with Crippen molar-refractivity contribution in [2.45, 2.75) is 59.4 Å². The van der Waals surface area contributed by atoms with E-state index in [-0.39, 0.29) is 28.6 Å². The van der Waals surface area contributed by atoms with Gasteiger partial charge >= 0.3 is 5.97 Å². The number of rotatable bonds is 11. The van der Waals surface area contributed by atoms with Gasteiger partial charge in [0.1, 0.15) is 6.04 Å². The second-order valence-electron chi connectivity index (χ2n) is 8.85. The zero-order chi connectivity index (χ0) is 23.1. The van der Waals surface area contributed by atoms with Gasteiger partial charge in [0.25, 0.3) is 5.91 Å². The van der Waals surface area contributed by atoms with E-state index < -0.39 is 28.6 Å². The minimum Gasteiger partial charge on any atom is -0.454 e. The van der Waals surface area contributed by atoms with Gasteiger partial charge in [-0.05, 0) is 36.8 Å². The van der Waals surface area contributed by atoms with E-state index in [4.69, 9.17) is 4.74 Å². The Kier molecular flexibility index (Phi) is 9.97. The minimum atomic E-state index is -3.90. The second-order valence-corrected chi connectivity index (χ2v) is 10.6. The van der Waals surface area contributed by atoms with Crippen LogP contribution in [0.4, 0.5) is 0 Å². The van der Waals surface area contributed by atoms with Crippen LogP contribution in [-0.2, 0) is 24.3 Å². The van der Waals surface area contributed by atoms with E-state index in [2.05, 4.69) is 4.72 Å². The van der Waals surface area contributed by atoms with Crippen molar-refractivity contribution < 1.29 is 22.7 Å². The van der Waals surface area contributed by atoms with E-state index in [0.717, 1.165) is 5.56 Å². The summed E-state index contributed by atoms with van der Waals surface area (Å²) in [5, 5.41) is 0. The molecule has 0 aromatic heterocycles. The van der Waals surface area contributed by atoms with Crippen LogP contribution in [0.2, 0.25) is 0 Å². The number of hydrogen-bond acceptors (Lipinski definition) is 5. The number of carbonyl (C=O) groups excluding carboxylic acids is 2. The molecule has 30 heavy (non-hydrogen) atoms. The summed E-state index contributed by atoms with van der Waals surface area (Å²) in [7, 11) is -3.90. The maximum atomic E-state index is 12.7. The Morgan fingerprint density at radius 2 is 1.47 bits per heavy atom. The lowest BCUT2D eigenvalue weighted by atomic mass is 10.1. The largest absolute Gasteiger partial charge is 0.454 e. The molecule has 8 heteroatoms. The molecule has 7 nitrogen and oxygen atoms in total. The molecule has 0 saturated carbocycles. The van der Waals surface area contributed by atoms with Crippen molar-refractivity contribution in [3.05, 3.63) is 29.8 Å². The van der Waals surface area contributed by atoms with Gasteiger partial charge < -0.3 is 9.64 Å². The first-order valence-corrected chi connectivity index (χ1v) is 11.8. The van der Waals surface area contributed by atoms with Crippen molar-refractivity contribution in [1.29, 1.82) is 0 Å². The zero-order valence-electron chi connectivity index (χ0n) is 19.1. The van der Waals surface area contributed by atoms with Gasteiger partial charge in [0.05, 0.1) is 4.90 Å². The van der Waals surface area contributed by atoms with Crippen molar-refractivity contribution in [1.82, 2.24) is 9.62 Å². The summed E-state index contributed by atoms with van der Waals surface area (Å²) in [6, 6.07) is 5.26. The molecule has 0 bridgehead atoms. The number of ether oxygens (including phenoxy) is 1. The van der Waals surface area contributed by atoms with E-state index >= 15 is 0 Å². The van der Waals surface area contributed by atoms with Crippen molar-refractivity contribution >= 4 is 21.9 Å². The number of carbonyl (C=O) groups is 2. The molecule has 0 spiro atoms. The summed E-state index contributed by atoms with van der Waals surface area (Å²) in [4.78, 5) is 26.9. The van der Waals surface area contributed by atoms with Crippen LogP contribution in [0, 0.1) is 24.7 Å². The topological polar surface area (TPSA) is 92.8 Å². The molecule has 0 unspecified atom stereocenters. The van der Waals surface area contributed by atoms with Crippen LogP contribution in [-0.4, -0.2) is 50.9 Å². The lowest BCUT2D eigenvalue weighted by Gasteiger charge is -2.27. The number of hydrogen-bond donors (Lipinski definition) is 1. The van der Waals surface area contributed by atoms with Crippen LogP contribution in [0.5, 0.6) is 0 Å². The number of amides is 1. The lowest BCUT2D eigenvalue weighted by Crippen LogP contribution is -2.46. The molecule has 0 aliphatic carbocycles. The SMILES string of the molecule is Cc1ccc(S(=O)(=O)N[C@H](C(=O)OCC(=O)N(CC(C)C)CC(C)C)C(C)C)cc1. The highest BCUT2D eigenvalue weighted by Crippen LogP contribution is 2.14. The van der Waals surface area contributed by atoms with Crippen LogP contribution in [0.25, 0.3) is 0 Å². The van der Waals surface area contributed by atoms with Crippen LogP contribution < -0.4 is 4.72 Å². The molecular weight excluding hydrogens is 404 g/mol. The summed E-state index contributed by atoms with van der Waals surface area (Å²) in [5.41, 5.74) is 0.930. The Morgan fingerprint density at radius 3 is 1.90 bits per heavy atom. The van der Waals surface area contributed by atoms with Gasteiger partial charge in [0.2, 0.25) is 10.0 Å². The molecule has 1 atom stereocenters. The molecule has 170 valence electrons. The fourth-order valence-corrected chi connectivity index (χ4v) is 4.22. The molecule has 1 aromatic carbocycles. The van der Waals surface area contributed by atoms with Gasteiger partial charge in [-0.25, -0.2) is 8.42 Å². The van der Waals surface area contributed by atoms with E-state index in [1.54, 1.807) is 30.9 Å². The van der Waals surface area contributed by atoms with E-state index in [1.807, 2.05) is 34.6 Å². The molecule has 1 rings (SSSR count). The number of aryl methyl sites for hydroxylation is 1. The van der Waals surface area contributed by atoms with Gasteiger partial charge in [0, 0.05) is 13.1 Å². The predicted octanol–water partition coefficient (Wildman–Crippen LogP) is 2.98. The third-order valence-corrected chi connectivity index (χ3v) is 5.85. The summed E-state index contributed by atoms with van der Waals surface area (Å²) < 4.78 is 32.9. The second kappa shape index (κ2) is 11.5. The maximum absolute atomic E-state index is 12.7. The minimum absolute atomic E-state index is 0.0719. The smallest absolute Gasteiger partial charge is 0.324 e. The van der Waals surface area contributed by atoms with Gasteiger partial charge in [-0.2, -0.15) is 4.72 Å². The van der Waals surface area contributed by atoms with E-state index in [1.165, 1.54) is 12.1 Å². The highest BCUT2D eigenvalue weighted by atomic mass is 32.2. The molecule has 1 amide bonds. The average Bonchev–Trinajstić information content (AvgIpc) is 2.62. The molecule has 0 aliphatic heterocycles. The fraction of sp³-hybridized carbons (Fsp3) is 0.636. The van der Waals surface area contributed by atoms with Crippen molar-refractivity contribution in [2.75, 3.05) is 19.7 Å². The van der Waals surface area contributed by atoms with Crippen LogP contribution in [0.15, 0.2) is 29.2 Å². The third kappa shape index (κ3) is 8.44. The molecular formula is C22H36N2O5S. The summed E-state index contributed by atoms with van der Waals surface area (Å²) in [5.74, 6) is -0.825. The number of nitrogens with zero attached hydrogens (tertiary/aromatic N) is 1.